The second kappa shape index (κ2) is 7.31. The van der Waals surface area contributed by atoms with Crippen LogP contribution in [-0.4, -0.2) is 21.9 Å². The van der Waals surface area contributed by atoms with Crippen molar-refractivity contribution in [2.45, 2.75) is 36.2 Å². The van der Waals surface area contributed by atoms with Crippen molar-refractivity contribution < 1.29 is 4.74 Å². The summed E-state index contributed by atoms with van der Waals surface area (Å²) in [5, 5.41) is 9.96. The number of methoxy groups -OCH3 is 1. The summed E-state index contributed by atoms with van der Waals surface area (Å²) >= 11 is 1.75. The quantitative estimate of drug-likeness (QED) is 0.587. The Morgan fingerprint density at radius 1 is 1.00 bits per heavy atom. The fraction of sp³-hybridized carbons (Fsp3) is 0.300. The third-order valence-electron chi connectivity index (χ3n) is 4.40. The highest BCUT2D eigenvalue weighted by molar-refractivity contribution is 7.98. The van der Waals surface area contributed by atoms with Gasteiger partial charge in [-0.25, -0.2) is 0 Å². The van der Waals surface area contributed by atoms with E-state index >= 15 is 0 Å². The van der Waals surface area contributed by atoms with Crippen LogP contribution in [0.1, 0.15) is 35.7 Å². The van der Waals surface area contributed by atoms with Crippen molar-refractivity contribution in [1.82, 2.24) is 14.8 Å². The second-order valence-corrected chi connectivity index (χ2v) is 7.27. The van der Waals surface area contributed by atoms with Crippen LogP contribution in [0, 0.1) is 0 Å². The predicted octanol–water partition coefficient (Wildman–Crippen LogP) is 4.50. The van der Waals surface area contributed by atoms with Gasteiger partial charge in [-0.2, -0.15) is 0 Å². The summed E-state index contributed by atoms with van der Waals surface area (Å²) < 4.78 is 7.51. The molecule has 0 unspecified atom stereocenters. The van der Waals surface area contributed by atoms with Gasteiger partial charge in [0.1, 0.15) is 11.6 Å². The first kappa shape index (κ1) is 16.2. The van der Waals surface area contributed by atoms with Gasteiger partial charge in [-0.05, 0) is 36.1 Å². The van der Waals surface area contributed by atoms with E-state index < -0.39 is 0 Å². The smallest absolute Gasteiger partial charge is 0.191 e. The molecule has 1 aromatic heterocycles. The molecule has 0 atom stereocenters. The number of thioether (sulfide) groups is 1. The molecule has 4 rings (SSSR count). The van der Waals surface area contributed by atoms with Crippen LogP contribution in [-0.2, 0) is 12.3 Å². The minimum atomic E-state index is 0.589. The highest BCUT2D eigenvalue weighted by Crippen LogP contribution is 2.40. The van der Waals surface area contributed by atoms with Crippen LogP contribution in [0.4, 0.5) is 0 Å². The first-order valence-electron chi connectivity index (χ1n) is 8.56. The Balaban J connectivity index is 1.52. The summed E-state index contributed by atoms with van der Waals surface area (Å²) in [4.78, 5) is 0. The van der Waals surface area contributed by atoms with Gasteiger partial charge in [0.15, 0.2) is 5.16 Å². The maximum absolute atomic E-state index is 5.22. The van der Waals surface area contributed by atoms with Crippen molar-refractivity contribution in [3.05, 3.63) is 71.5 Å². The average molecular weight is 351 g/mol. The zero-order chi connectivity index (χ0) is 17.1. The molecule has 0 saturated heterocycles. The number of nitrogens with zero attached hydrogens (tertiary/aromatic N) is 3. The normalized spacial score (nSPS) is 13.8. The molecule has 128 valence electrons. The number of hydrogen-bond acceptors (Lipinski definition) is 4. The molecule has 0 spiro atoms. The van der Waals surface area contributed by atoms with E-state index in [4.69, 9.17) is 4.74 Å². The summed E-state index contributed by atoms with van der Waals surface area (Å²) in [7, 11) is 1.69. The molecule has 2 aromatic carbocycles. The van der Waals surface area contributed by atoms with Crippen LogP contribution in [0.5, 0.6) is 5.75 Å². The molecule has 0 amide bonds. The number of benzene rings is 2. The van der Waals surface area contributed by atoms with Gasteiger partial charge in [-0.1, -0.05) is 54.2 Å². The van der Waals surface area contributed by atoms with Crippen molar-refractivity contribution in [1.29, 1.82) is 0 Å². The van der Waals surface area contributed by atoms with Gasteiger partial charge in [-0.15, -0.1) is 10.2 Å². The number of aromatic nitrogens is 3. The molecule has 1 aliphatic carbocycles. The van der Waals surface area contributed by atoms with E-state index in [1.807, 2.05) is 12.1 Å². The topological polar surface area (TPSA) is 39.9 Å². The molecule has 3 aromatic rings. The Morgan fingerprint density at radius 3 is 2.44 bits per heavy atom. The van der Waals surface area contributed by atoms with Crippen LogP contribution >= 0.6 is 11.8 Å². The SMILES string of the molecule is COc1ccc(CSc2nnc(C3CC3)n2Cc2ccccc2)cc1. The number of hydrogen-bond donors (Lipinski definition) is 0. The minimum Gasteiger partial charge on any atom is -0.497 e. The van der Waals surface area contributed by atoms with E-state index in [2.05, 4.69) is 57.2 Å². The lowest BCUT2D eigenvalue weighted by molar-refractivity contribution is 0.414. The lowest BCUT2D eigenvalue weighted by atomic mass is 10.2. The molecule has 1 aliphatic rings. The fourth-order valence-electron chi connectivity index (χ4n) is 2.83. The molecule has 0 N–H and O–H groups in total. The van der Waals surface area contributed by atoms with E-state index in [-0.39, 0.29) is 0 Å². The molecule has 5 heteroatoms. The van der Waals surface area contributed by atoms with E-state index in [1.165, 1.54) is 24.0 Å². The van der Waals surface area contributed by atoms with Crippen LogP contribution < -0.4 is 4.74 Å². The monoisotopic (exact) mass is 351 g/mol. The highest BCUT2D eigenvalue weighted by atomic mass is 32.2. The van der Waals surface area contributed by atoms with Crippen molar-refractivity contribution in [2.24, 2.45) is 0 Å². The van der Waals surface area contributed by atoms with Gasteiger partial charge in [-0.3, -0.25) is 0 Å². The summed E-state index contributed by atoms with van der Waals surface area (Å²) in [5.41, 5.74) is 2.54. The molecule has 0 aliphatic heterocycles. The molecule has 1 fully saturated rings. The van der Waals surface area contributed by atoms with Crippen LogP contribution in [0.15, 0.2) is 59.8 Å². The van der Waals surface area contributed by atoms with Gasteiger partial charge < -0.3 is 9.30 Å². The van der Waals surface area contributed by atoms with Gasteiger partial charge in [0.05, 0.1) is 13.7 Å². The highest BCUT2D eigenvalue weighted by Gasteiger charge is 2.30. The molecule has 4 nitrogen and oxygen atoms in total. The Morgan fingerprint density at radius 2 is 1.76 bits per heavy atom. The Hall–Kier alpha value is -2.27. The largest absolute Gasteiger partial charge is 0.497 e. The Bertz CT molecular complexity index is 826. The average Bonchev–Trinajstić information content (AvgIpc) is 3.43. The minimum absolute atomic E-state index is 0.589. The molecule has 25 heavy (non-hydrogen) atoms. The third kappa shape index (κ3) is 3.87. The van der Waals surface area contributed by atoms with E-state index in [1.54, 1.807) is 18.9 Å². The summed E-state index contributed by atoms with van der Waals surface area (Å²) in [5.74, 6) is 3.49. The van der Waals surface area contributed by atoms with Crippen LogP contribution in [0.25, 0.3) is 0 Å². The molecule has 1 heterocycles. The van der Waals surface area contributed by atoms with Crippen molar-refractivity contribution in [3.63, 3.8) is 0 Å². The van der Waals surface area contributed by atoms with Gasteiger partial charge in [0.25, 0.3) is 0 Å². The van der Waals surface area contributed by atoms with E-state index in [9.17, 15) is 0 Å². The number of rotatable bonds is 7. The summed E-state index contributed by atoms with van der Waals surface area (Å²) in [6.07, 6.45) is 2.46. The van der Waals surface area contributed by atoms with E-state index in [0.717, 1.165) is 29.0 Å². The second-order valence-electron chi connectivity index (χ2n) is 6.32. The molecular formula is C20H21N3OS. The molecule has 1 saturated carbocycles. The van der Waals surface area contributed by atoms with Crippen LogP contribution in [0.3, 0.4) is 0 Å². The first-order chi connectivity index (χ1) is 12.3. The maximum Gasteiger partial charge on any atom is 0.191 e. The zero-order valence-electron chi connectivity index (χ0n) is 14.3. The molecule has 0 radical (unpaired) electrons. The molecule has 0 bridgehead atoms. The van der Waals surface area contributed by atoms with Gasteiger partial charge in [0, 0.05) is 11.7 Å². The Labute approximate surface area is 152 Å². The third-order valence-corrected chi connectivity index (χ3v) is 5.44. The first-order valence-corrected chi connectivity index (χ1v) is 9.55. The zero-order valence-corrected chi connectivity index (χ0v) is 15.1. The van der Waals surface area contributed by atoms with Crippen molar-refractivity contribution in [2.75, 3.05) is 7.11 Å². The summed E-state index contributed by atoms with van der Waals surface area (Å²) in [6.45, 7) is 0.838. The van der Waals surface area contributed by atoms with Crippen molar-refractivity contribution >= 4 is 11.8 Å². The van der Waals surface area contributed by atoms with Gasteiger partial charge in [0.2, 0.25) is 0 Å². The lowest BCUT2D eigenvalue weighted by Crippen LogP contribution is -2.06. The van der Waals surface area contributed by atoms with Gasteiger partial charge >= 0.3 is 0 Å². The van der Waals surface area contributed by atoms with Crippen molar-refractivity contribution in [3.8, 4) is 5.75 Å². The van der Waals surface area contributed by atoms with Crippen LogP contribution in [0.2, 0.25) is 0 Å². The molecular weight excluding hydrogens is 330 g/mol. The lowest BCUT2D eigenvalue weighted by Gasteiger charge is -2.10. The maximum atomic E-state index is 5.22. The fourth-order valence-corrected chi connectivity index (χ4v) is 3.74. The standard InChI is InChI=1S/C20H21N3OS/c1-24-18-11-7-16(8-12-18)14-25-20-22-21-19(17-9-10-17)23(20)13-15-5-3-2-4-6-15/h2-8,11-12,17H,9-10,13-14H2,1H3. The predicted molar refractivity (Wildman–Crippen MR) is 100 cm³/mol. The summed E-state index contributed by atoms with van der Waals surface area (Å²) in [6, 6.07) is 18.7. The van der Waals surface area contributed by atoms with E-state index in [0.29, 0.717) is 5.92 Å². The Kier molecular flexibility index (Phi) is 4.74. The number of ether oxygens (including phenoxy) is 1.